The van der Waals surface area contributed by atoms with Crippen LogP contribution in [-0.4, -0.2) is 94.6 Å². The van der Waals surface area contributed by atoms with Gasteiger partial charge < -0.3 is 23.8 Å². The predicted molar refractivity (Wildman–Crippen MR) is 134 cm³/mol. The summed E-state index contributed by atoms with van der Waals surface area (Å²) >= 11 is 0. The van der Waals surface area contributed by atoms with Gasteiger partial charge in [0.05, 0.1) is 46.7 Å². The first kappa shape index (κ1) is 24.8. The number of hydrogen-bond donors (Lipinski definition) is 0. The molecule has 2 aliphatic heterocycles. The molecule has 2 aromatic rings. The molecule has 2 heterocycles. The molecule has 4 rings (SSSR count). The van der Waals surface area contributed by atoms with Gasteiger partial charge >= 0.3 is 0 Å². The third-order valence-electron chi connectivity index (χ3n) is 6.64. The summed E-state index contributed by atoms with van der Waals surface area (Å²) in [4.78, 5) is 18.0. The Hall–Kier alpha value is -3.30. The first-order chi connectivity index (χ1) is 17.0. The number of amides is 1. The van der Waals surface area contributed by atoms with Crippen molar-refractivity contribution in [1.29, 1.82) is 0 Å². The van der Waals surface area contributed by atoms with Gasteiger partial charge in [-0.25, -0.2) is 5.01 Å². The number of hydrazone groups is 1. The van der Waals surface area contributed by atoms with Crippen LogP contribution in [0.3, 0.4) is 0 Å². The molecule has 9 nitrogen and oxygen atoms in total. The Morgan fingerprint density at radius 2 is 1.60 bits per heavy atom. The lowest BCUT2D eigenvalue weighted by atomic mass is 9.97. The number of likely N-dealkylation sites (N-methyl/N-ethyl adjacent to an activating group) is 1. The smallest absolute Gasteiger partial charge is 0.257 e. The Balaban J connectivity index is 1.66. The highest BCUT2D eigenvalue weighted by molar-refractivity contribution is 6.03. The molecule has 0 spiro atoms. The van der Waals surface area contributed by atoms with Crippen LogP contribution in [0.15, 0.2) is 41.5 Å². The first-order valence-corrected chi connectivity index (χ1v) is 11.7. The van der Waals surface area contributed by atoms with Gasteiger partial charge in [0.15, 0.2) is 11.5 Å². The standard InChI is InChI=1S/C26H34N4O5/c1-28-10-12-29(13-11-28)17-26(31)30-22(20-8-7-19(32-2)15-24(20)34-4)16-21(27-30)18-6-9-23(33-3)25(14-18)35-5/h6-9,14-15,22H,10-13,16-17H2,1-5H3. The predicted octanol–water partition coefficient (Wildman–Crippen LogP) is 2.65. The van der Waals surface area contributed by atoms with Gasteiger partial charge in [-0.3, -0.25) is 9.69 Å². The third-order valence-corrected chi connectivity index (χ3v) is 6.64. The van der Waals surface area contributed by atoms with Gasteiger partial charge in [-0.05, 0) is 37.4 Å². The number of carbonyl (C=O) groups excluding carboxylic acids is 1. The average molecular weight is 483 g/mol. The molecule has 188 valence electrons. The minimum atomic E-state index is -0.293. The Morgan fingerprint density at radius 1 is 0.886 bits per heavy atom. The lowest BCUT2D eigenvalue weighted by molar-refractivity contribution is -0.134. The maximum absolute atomic E-state index is 13.6. The van der Waals surface area contributed by atoms with E-state index >= 15 is 0 Å². The van der Waals surface area contributed by atoms with E-state index < -0.39 is 0 Å². The molecule has 0 saturated carbocycles. The van der Waals surface area contributed by atoms with Crippen molar-refractivity contribution in [2.75, 3.05) is 68.2 Å². The van der Waals surface area contributed by atoms with Crippen molar-refractivity contribution in [3.63, 3.8) is 0 Å². The molecule has 0 radical (unpaired) electrons. The molecule has 2 aliphatic rings. The van der Waals surface area contributed by atoms with Crippen molar-refractivity contribution >= 4 is 11.6 Å². The molecule has 1 unspecified atom stereocenters. The molecule has 0 bridgehead atoms. The Morgan fingerprint density at radius 3 is 2.26 bits per heavy atom. The van der Waals surface area contributed by atoms with Crippen LogP contribution in [0.1, 0.15) is 23.6 Å². The molecular formula is C26H34N4O5. The van der Waals surface area contributed by atoms with Gasteiger partial charge in [-0.1, -0.05) is 0 Å². The lowest BCUT2D eigenvalue weighted by Crippen LogP contribution is -2.48. The molecule has 2 aromatic carbocycles. The summed E-state index contributed by atoms with van der Waals surface area (Å²) < 4.78 is 21.9. The Kier molecular flexibility index (Phi) is 7.77. The molecule has 0 aliphatic carbocycles. The average Bonchev–Trinajstić information content (AvgIpc) is 3.34. The van der Waals surface area contributed by atoms with Crippen molar-refractivity contribution in [3.8, 4) is 23.0 Å². The molecule has 1 amide bonds. The molecule has 1 saturated heterocycles. The number of ether oxygens (including phenoxy) is 4. The zero-order valence-electron chi connectivity index (χ0n) is 21.1. The van der Waals surface area contributed by atoms with Crippen molar-refractivity contribution in [2.24, 2.45) is 5.10 Å². The summed E-state index contributed by atoms with van der Waals surface area (Å²) in [7, 11) is 8.56. The zero-order valence-corrected chi connectivity index (χ0v) is 21.1. The summed E-state index contributed by atoms with van der Waals surface area (Å²) in [5.41, 5.74) is 2.58. The van der Waals surface area contributed by atoms with Crippen LogP contribution in [0.5, 0.6) is 23.0 Å². The fourth-order valence-electron chi connectivity index (χ4n) is 4.54. The zero-order chi connectivity index (χ0) is 24.9. The van der Waals surface area contributed by atoms with E-state index in [0.717, 1.165) is 43.0 Å². The van der Waals surface area contributed by atoms with E-state index in [-0.39, 0.29) is 11.9 Å². The Bertz CT molecular complexity index is 1080. The van der Waals surface area contributed by atoms with Gasteiger partial charge in [0.2, 0.25) is 0 Å². The van der Waals surface area contributed by atoms with E-state index in [9.17, 15) is 4.79 Å². The quantitative estimate of drug-likeness (QED) is 0.573. The van der Waals surface area contributed by atoms with Crippen molar-refractivity contribution in [1.82, 2.24) is 14.8 Å². The molecule has 35 heavy (non-hydrogen) atoms. The molecule has 1 atom stereocenters. The molecule has 9 heteroatoms. The lowest BCUT2D eigenvalue weighted by Gasteiger charge is -2.33. The molecule has 0 N–H and O–H groups in total. The molecular weight excluding hydrogens is 448 g/mol. The van der Waals surface area contributed by atoms with Gasteiger partial charge in [-0.2, -0.15) is 5.10 Å². The monoisotopic (exact) mass is 482 g/mol. The Labute approximate surface area is 206 Å². The van der Waals surface area contributed by atoms with Crippen LogP contribution in [0.4, 0.5) is 0 Å². The van der Waals surface area contributed by atoms with E-state index in [1.54, 1.807) is 33.4 Å². The summed E-state index contributed by atoms with van der Waals surface area (Å²) in [5.74, 6) is 2.59. The maximum atomic E-state index is 13.6. The van der Waals surface area contributed by atoms with E-state index in [1.807, 2.05) is 36.4 Å². The number of hydrogen-bond acceptors (Lipinski definition) is 8. The highest BCUT2D eigenvalue weighted by atomic mass is 16.5. The summed E-state index contributed by atoms with van der Waals surface area (Å²) in [6.07, 6.45) is 0.548. The number of piperazine rings is 1. The SMILES string of the molecule is COc1ccc(C2CC(c3ccc(OC)c(OC)c3)=NN2C(=O)CN2CCN(C)CC2)c(OC)c1. The van der Waals surface area contributed by atoms with Crippen LogP contribution in [0.2, 0.25) is 0 Å². The highest BCUT2D eigenvalue weighted by Gasteiger charge is 2.36. The van der Waals surface area contributed by atoms with Crippen LogP contribution in [0, 0.1) is 0 Å². The summed E-state index contributed by atoms with van der Waals surface area (Å²) in [6.45, 7) is 3.94. The van der Waals surface area contributed by atoms with E-state index in [1.165, 1.54) is 0 Å². The number of nitrogens with zero attached hydrogens (tertiary/aromatic N) is 4. The maximum Gasteiger partial charge on any atom is 0.257 e. The molecule has 1 fully saturated rings. The van der Waals surface area contributed by atoms with Crippen LogP contribution < -0.4 is 18.9 Å². The van der Waals surface area contributed by atoms with Crippen LogP contribution >= 0.6 is 0 Å². The topological polar surface area (TPSA) is 76.1 Å². The summed E-state index contributed by atoms with van der Waals surface area (Å²) in [5, 5.41) is 6.45. The van der Waals surface area contributed by atoms with Crippen molar-refractivity contribution < 1.29 is 23.7 Å². The minimum absolute atomic E-state index is 0.0344. The second-order valence-corrected chi connectivity index (χ2v) is 8.76. The second-order valence-electron chi connectivity index (χ2n) is 8.76. The fraction of sp³-hybridized carbons (Fsp3) is 0.462. The van der Waals surface area contributed by atoms with E-state index in [4.69, 9.17) is 24.0 Å². The number of rotatable bonds is 8. The number of methoxy groups -OCH3 is 4. The van der Waals surface area contributed by atoms with Crippen LogP contribution in [-0.2, 0) is 4.79 Å². The van der Waals surface area contributed by atoms with Gasteiger partial charge in [0.1, 0.15) is 11.5 Å². The number of carbonyl (C=O) groups is 1. The third kappa shape index (κ3) is 5.36. The van der Waals surface area contributed by atoms with Crippen molar-refractivity contribution in [2.45, 2.75) is 12.5 Å². The fourth-order valence-corrected chi connectivity index (χ4v) is 4.54. The van der Waals surface area contributed by atoms with Crippen LogP contribution in [0.25, 0.3) is 0 Å². The van der Waals surface area contributed by atoms with Gasteiger partial charge in [0.25, 0.3) is 5.91 Å². The highest BCUT2D eigenvalue weighted by Crippen LogP contribution is 2.40. The first-order valence-electron chi connectivity index (χ1n) is 11.7. The minimum Gasteiger partial charge on any atom is -0.497 e. The number of benzene rings is 2. The van der Waals surface area contributed by atoms with Gasteiger partial charge in [-0.15, -0.1) is 0 Å². The van der Waals surface area contributed by atoms with Gasteiger partial charge in [0, 0.05) is 49.8 Å². The second kappa shape index (κ2) is 11.0. The normalized spacial score (nSPS) is 18.8. The summed E-state index contributed by atoms with van der Waals surface area (Å²) in [6, 6.07) is 11.1. The largest absolute Gasteiger partial charge is 0.497 e. The van der Waals surface area contributed by atoms with Crippen molar-refractivity contribution in [3.05, 3.63) is 47.5 Å². The van der Waals surface area contributed by atoms with E-state index in [2.05, 4.69) is 16.8 Å². The molecule has 0 aromatic heterocycles. The van der Waals surface area contributed by atoms with E-state index in [0.29, 0.717) is 36.0 Å².